The fourth-order valence-electron chi connectivity index (χ4n) is 2.26. The Hall–Kier alpha value is -0.240. The quantitative estimate of drug-likeness (QED) is 0.397. The molecule has 1 saturated heterocycles. The minimum Gasteiger partial charge on any atom is -0.393 e. The first-order valence-electron chi connectivity index (χ1n) is 5.47. The Bertz CT molecular complexity index is 320. The van der Waals surface area contributed by atoms with Gasteiger partial charge in [-0.05, 0) is 34.6 Å². The van der Waals surface area contributed by atoms with Crippen LogP contribution in [-0.2, 0) is 4.74 Å². The first-order chi connectivity index (χ1) is 7.27. The third kappa shape index (κ3) is 1.49. The standard InChI is InChI=1S/C11H22O6/c1-7(6-12)8(2,13)9(3,14)10(4,15)11(5,16)17-7/h12-16H,6H2,1-5H3/t7?,8-,9-,10?,11-/m1/s1. The van der Waals surface area contributed by atoms with Crippen LogP contribution in [0.5, 0.6) is 0 Å². The van der Waals surface area contributed by atoms with Gasteiger partial charge in [0.15, 0.2) is 5.79 Å². The molecular formula is C11H22O6. The lowest BCUT2D eigenvalue weighted by Crippen LogP contribution is -2.84. The molecule has 0 saturated carbocycles. The molecular weight excluding hydrogens is 228 g/mol. The summed E-state index contributed by atoms with van der Waals surface area (Å²) in [4.78, 5) is 0. The van der Waals surface area contributed by atoms with Crippen LogP contribution in [0.4, 0.5) is 0 Å². The number of aliphatic hydroxyl groups excluding tert-OH is 1. The molecule has 0 radical (unpaired) electrons. The Balaban J connectivity index is 3.46. The van der Waals surface area contributed by atoms with E-state index in [1.54, 1.807) is 0 Å². The van der Waals surface area contributed by atoms with Crippen molar-refractivity contribution in [2.24, 2.45) is 0 Å². The highest BCUT2D eigenvalue weighted by molar-refractivity contribution is 5.21. The van der Waals surface area contributed by atoms with Crippen LogP contribution >= 0.6 is 0 Å². The van der Waals surface area contributed by atoms with Gasteiger partial charge in [-0.2, -0.15) is 0 Å². The van der Waals surface area contributed by atoms with Gasteiger partial charge >= 0.3 is 0 Å². The first-order valence-corrected chi connectivity index (χ1v) is 5.47. The zero-order chi connectivity index (χ0) is 13.9. The summed E-state index contributed by atoms with van der Waals surface area (Å²) in [6.07, 6.45) is 0. The molecule has 1 rings (SSSR count). The number of aliphatic hydroxyl groups is 5. The van der Waals surface area contributed by atoms with E-state index >= 15 is 0 Å². The van der Waals surface area contributed by atoms with Gasteiger partial charge in [0.25, 0.3) is 0 Å². The lowest BCUT2D eigenvalue weighted by molar-refractivity contribution is -0.449. The van der Waals surface area contributed by atoms with E-state index in [9.17, 15) is 25.5 Å². The maximum absolute atomic E-state index is 10.4. The van der Waals surface area contributed by atoms with Gasteiger partial charge in [0.05, 0.1) is 6.61 Å². The summed E-state index contributed by atoms with van der Waals surface area (Å²) < 4.78 is 5.22. The molecule has 6 nitrogen and oxygen atoms in total. The summed E-state index contributed by atoms with van der Waals surface area (Å²) in [6, 6.07) is 0. The van der Waals surface area contributed by atoms with E-state index < -0.39 is 34.8 Å². The molecule has 2 unspecified atom stereocenters. The van der Waals surface area contributed by atoms with Gasteiger partial charge in [0, 0.05) is 0 Å². The number of hydrogen-bond donors (Lipinski definition) is 5. The molecule has 1 aliphatic rings. The van der Waals surface area contributed by atoms with Gasteiger partial charge < -0.3 is 30.3 Å². The lowest BCUT2D eigenvalue weighted by atomic mass is 9.61. The summed E-state index contributed by atoms with van der Waals surface area (Å²) in [5.41, 5.74) is -7.76. The minimum atomic E-state index is -2.11. The molecule has 102 valence electrons. The van der Waals surface area contributed by atoms with Gasteiger partial charge in [0.1, 0.15) is 22.4 Å². The van der Waals surface area contributed by atoms with Crippen molar-refractivity contribution in [3.63, 3.8) is 0 Å². The molecule has 1 heterocycles. The summed E-state index contributed by atoms with van der Waals surface area (Å²) >= 11 is 0. The average molecular weight is 250 g/mol. The van der Waals surface area contributed by atoms with Crippen LogP contribution in [-0.4, -0.2) is 60.3 Å². The van der Waals surface area contributed by atoms with E-state index in [2.05, 4.69) is 0 Å². The fraction of sp³-hybridized carbons (Fsp3) is 1.00. The van der Waals surface area contributed by atoms with Crippen molar-refractivity contribution in [2.75, 3.05) is 6.61 Å². The predicted octanol–water partition coefficient (Wildman–Crippen LogP) is -1.27. The first kappa shape index (κ1) is 14.8. The molecule has 0 aromatic carbocycles. The number of rotatable bonds is 1. The third-order valence-corrected chi connectivity index (χ3v) is 4.55. The molecule has 5 N–H and O–H groups in total. The molecule has 1 aliphatic heterocycles. The van der Waals surface area contributed by atoms with Gasteiger partial charge in [-0.25, -0.2) is 0 Å². The Morgan fingerprint density at radius 3 is 1.53 bits per heavy atom. The minimum absolute atomic E-state index is 0.623. The zero-order valence-electron chi connectivity index (χ0n) is 10.9. The molecule has 0 spiro atoms. The largest absolute Gasteiger partial charge is 0.393 e. The normalized spacial score (nSPS) is 60.4. The topological polar surface area (TPSA) is 110 Å². The van der Waals surface area contributed by atoms with Crippen LogP contribution < -0.4 is 0 Å². The lowest BCUT2D eigenvalue weighted by Gasteiger charge is -2.63. The van der Waals surface area contributed by atoms with Crippen LogP contribution in [0, 0.1) is 0 Å². The van der Waals surface area contributed by atoms with Crippen LogP contribution in [0.15, 0.2) is 0 Å². The van der Waals surface area contributed by atoms with Crippen LogP contribution in [0.25, 0.3) is 0 Å². The molecule has 0 aromatic rings. The summed E-state index contributed by atoms with van der Waals surface area (Å²) in [5, 5.41) is 50.4. The summed E-state index contributed by atoms with van der Waals surface area (Å²) in [5.74, 6) is -2.11. The van der Waals surface area contributed by atoms with Crippen molar-refractivity contribution in [1.82, 2.24) is 0 Å². The highest BCUT2D eigenvalue weighted by Gasteiger charge is 2.73. The Morgan fingerprint density at radius 1 is 0.765 bits per heavy atom. The molecule has 0 bridgehead atoms. The molecule has 1 fully saturated rings. The van der Waals surface area contributed by atoms with Crippen molar-refractivity contribution >= 4 is 0 Å². The summed E-state index contributed by atoms with van der Waals surface area (Å²) in [7, 11) is 0. The second-order valence-electron chi connectivity index (χ2n) is 5.69. The van der Waals surface area contributed by atoms with E-state index in [4.69, 9.17) is 4.74 Å². The van der Waals surface area contributed by atoms with Crippen LogP contribution in [0.1, 0.15) is 34.6 Å². The number of hydrogen-bond acceptors (Lipinski definition) is 6. The predicted molar refractivity (Wildman–Crippen MR) is 59.1 cm³/mol. The second kappa shape index (κ2) is 3.40. The number of ether oxygens (including phenoxy) is 1. The highest BCUT2D eigenvalue weighted by atomic mass is 16.7. The molecule has 17 heavy (non-hydrogen) atoms. The average Bonchev–Trinajstić information content (AvgIpc) is 2.14. The van der Waals surface area contributed by atoms with Crippen molar-refractivity contribution < 1.29 is 30.3 Å². The van der Waals surface area contributed by atoms with Gasteiger partial charge in [-0.15, -0.1) is 0 Å². The Morgan fingerprint density at radius 2 is 1.18 bits per heavy atom. The molecule has 6 heteroatoms. The maximum atomic E-state index is 10.4. The van der Waals surface area contributed by atoms with Crippen LogP contribution in [0.2, 0.25) is 0 Å². The van der Waals surface area contributed by atoms with E-state index in [-0.39, 0.29) is 0 Å². The monoisotopic (exact) mass is 250 g/mol. The molecule has 0 aliphatic carbocycles. The Kier molecular flexibility index (Phi) is 2.97. The van der Waals surface area contributed by atoms with Gasteiger partial charge in [-0.3, -0.25) is 0 Å². The van der Waals surface area contributed by atoms with Crippen LogP contribution in [0.3, 0.4) is 0 Å². The van der Waals surface area contributed by atoms with Crippen molar-refractivity contribution in [2.45, 2.75) is 62.8 Å². The zero-order valence-corrected chi connectivity index (χ0v) is 10.9. The van der Waals surface area contributed by atoms with E-state index in [0.29, 0.717) is 0 Å². The second-order valence-corrected chi connectivity index (χ2v) is 5.69. The van der Waals surface area contributed by atoms with Crippen molar-refractivity contribution in [3.05, 3.63) is 0 Å². The van der Waals surface area contributed by atoms with Crippen molar-refractivity contribution in [3.8, 4) is 0 Å². The van der Waals surface area contributed by atoms with E-state index in [1.807, 2.05) is 0 Å². The van der Waals surface area contributed by atoms with Crippen molar-refractivity contribution in [1.29, 1.82) is 0 Å². The third-order valence-electron chi connectivity index (χ3n) is 4.55. The molecule has 0 aromatic heterocycles. The highest BCUT2D eigenvalue weighted by Crippen LogP contribution is 2.52. The fourth-order valence-corrected chi connectivity index (χ4v) is 2.26. The SMILES string of the molecule is CC1(O)[C@](C)(O)[C@](C)(O)C(C)(CO)O[C@@]1(C)O. The molecule has 0 amide bonds. The van der Waals surface area contributed by atoms with Gasteiger partial charge in [0.2, 0.25) is 0 Å². The van der Waals surface area contributed by atoms with E-state index in [0.717, 1.165) is 0 Å². The maximum Gasteiger partial charge on any atom is 0.195 e. The smallest absolute Gasteiger partial charge is 0.195 e. The van der Waals surface area contributed by atoms with E-state index in [1.165, 1.54) is 34.6 Å². The Labute approximate surface area is 100 Å². The summed E-state index contributed by atoms with van der Waals surface area (Å²) in [6.45, 7) is 5.50. The van der Waals surface area contributed by atoms with Gasteiger partial charge in [-0.1, -0.05) is 0 Å². The molecule has 5 atom stereocenters.